The number of hydrogen-bond donors (Lipinski definition) is 2. The van der Waals surface area contributed by atoms with Crippen LogP contribution < -0.4 is 10.6 Å². The van der Waals surface area contributed by atoms with Crippen LogP contribution in [0.5, 0.6) is 0 Å². The summed E-state index contributed by atoms with van der Waals surface area (Å²) in [6, 6.07) is 11.9. The Morgan fingerprint density at radius 3 is 2.73 bits per heavy atom. The van der Waals surface area contributed by atoms with Crippen molar-refractivity contribution in [2.75, 3.05) is 0 Å². The first-order valence-electron chi connectivity index (χ1n) is 7.86. The van der Waals surface area contributed by atoms with Gasteiger partial charge in [-0.1, -0.05) is 54.8 Å². The molecule has 1 aromatic heterocycles. The van der Waals surface area contributed by atoms with Crippen molar-refractivity contribution in [3.8, 4) is 11.3 Å². The normalized spacial score (nSPS) is 15.5. The van der Waals surface area contributed by atoms with E-state index >= 15 is 0 Å². The van der Waals surface area contributed by atoms with E-state index in [9.17, 15) is 4.79 Å². The number of nitrogens with zero attached hydrogens (tertiary/aromatic N) is 1. The molecule has 2 amide bonds. The van der Waals surface area contributed by atoms with Gasteiger partial charge in [0.1, 0.15) is 5.69 Å². The Hall–Kier alpha value is -2.30. The van der Waals surface area contributed by atoms with E-state index in [-0.39, 0.29) is 6.03 Å². The Morgan fingerprint density at radius 1 is 1.18 bits per heavy atom. The summed E-state index contributed by atoms with van der Waals surface area (Å²) in [4.78, 5) is 11.9. The molecule has 116 valence electrons. The van der Waals surface area contributed by atoms with E-state index in [4.69, 9.17) is 4.52 Å². The number of benzene rings is 1. The smallest absolute Gasteiger partial charge is 0.315 e. The first-order valence-corrected chi connectivity index (χ1v) is 7.86. The fraction of sp³-hybridized carbons (Fsp3) is 0.412. The van der Waals surface area contributed by atoms with Gasteiger partial charge in [0.2, 0.25) is 0 Å². The van der Waals surface area contributed by atoms with Crippen molar-refractivity contribution in [2.45, 2.75) is 44.7 Å². The molecule has 5 nitrogen and oxygen atoms in total. The second kappa shape index (κ2) is 7.11. The Kier molecular flexibility index (Phi) is 4.73. The van der Waals surface area contributed by atoms with Crippen LogP contribution in [0.25, 0.3) is 11.3 Å². The molecule has 5 heteroatoms. The Labute approximate surface area is 130 Å². The second-order valence-electron chi connectivity index (χ2n) is 5.71. The van der Waals surface area contributed by atoms with Gasteiger partial charge in [0, 0.05) is 17.7 Å². The molecule has 0 saturated heterocycles. The summed E-state index contributed by atoms with van der Waals surface area (Å²) in [6.45, 7) is 0.346. The third kappa shape index (κ3) is 3.87. The lowest BCUT2D eigenvalue weighted by molar-refractivity contribution is 0.230. The molecule has 2 aromatic rings. The molecule has 1 aromatic carbocycles. The zero-order valence-corrected chi connectivity index (χ0v) is 12.5. The van der Waals surface area contributed by atoms with Gasteiger partial charge < -0.3 is 15.2 Å². The molecule has 0 bridgehead atoms. The van der Waals surface area contributed by atoms with Crippen molar-refractivity contribution in [3.05, 3.63) is 42.2 Å². The number of nitrogens with one attached hydrogen (secondary N) is 2. The van der Waals surface area contributed by atoms with E-state index in [0.29, 0.717) is 18.3 Å². The van der Waals surface area contributed by atoms with Gasteiger partial charge in [-0.15, -0.1) is 0 Å². The Bertz CT molecular complexity index is 603. The number of amides is 2. The minimum absolute atomic E-state index is 0.135. The van der Waals surface area contributed by atoms with Gasteiger partial charge in [-0.05, 0) is 12.8 Å². The number of carbonyl (C=O) groups excluding carboxylic acids is 1. The van der Waals surface area contributed by atoms with Crippen molar-refractivity contribution >= 4 is 6.03 Å². The van der Waals surface area contributed by atoms with Crippen LogP contribution in [0.4, 0.5) is 4.79 Å². The minimum atomic E-state index is -0.135. The van der Waals surface area contributed by atoms with Crippen molar-refractivity contribution in [2.24, 2.45) is 0 Å². The maximum atomic E-state index is 11.9. The van der Waals surface area contributed by atoms with E-state index in [2.05, 4.69) is 15.8 Å². The standard InChI is InChI=1S/C17H21N3O2/c21-17(19-14-9-5-2-6-10-14)18-12-15-11-16(20-22-15)13-7-3-1-4-8-13/h1,3-4,7-8,11,14H,2,5-6,9-10,12H2,(H2,18,19,21). The predicted octanol–water partition coefficient (Wildman–Crippen LogP) is 3.47. The minimum Gasteiger partial charge on any atom is -0.359 e. The van der Waals surface area contributed by atoms with Crippen LogP contribution in [0.2, 0.25) is 0 Å². The number of urea groups is 1. The summed E-state index contributed by atoms with van der Waals surface area (Å²) in [5.41, 5.74) is 1.79. The number of rotatable bonds is 4. The fourth-order valence-electron chi connectivity index (χ4n) is 2.79. The quantitative estimate of drug-likeness (QED) is 0.908. The van der Waals surface area contributed by atoms with Gasteiger partial charge >= 0.3 is 6.03 Å². The molecule has 0 atom stereocenters. The maximum absolute atomic E-state index is 11.9. The highest BCUT2D eigenvalue weighted by atomic mass is 16.5. The average molecular weight is 299 g/mol. The van der Waals surface area contributed by atoms with Crippen molar-refractivity contribution in [1.82, 2.24) is 15.8 Å². The molecule has 0 aliphatic heterocycles. The molecular formula is C17H21N3O2. The van der Waals surface area contributed by atoms with Crippen molar-refractivity contribution < 1.29 is 9.32 Å². The second-order valence-corrected chi connectivity index (χ2v) is 5.71. The largest absolute Gasteiger partial charge is 0.359 e. The number of carbonyl (C=O) groups is 1. The molecule has 1 fully saturated rings. The summed E-state index contributed by atoms with van der Waals surface area (Å²) in [6.07, 6.45) is 5.84. The van der Waals surface area contributed by atoms with Crippen LogP contribution >= 0.6 is 0 Å². The lowest BCUT2D eigenvalue weighted by Gasteiger charge is -2.22. The van der Waals surface area contributed by atoms with Gasteiger partial charge in [-0.2, -0.15) is 0 Å². The molecule has 0 spiro atoms. The van der Waals surface area contributed by atoms with Crippen LogP contribution in [0, 0.1) is 0 Å². The summed E-state index contributed by atoms with van der Waals surface area (Å²) in [5, 5.41) is 9.88. The van der Waals surface area contributed by atoms with E-state index in [1.807, 2.05) is 36.4 Å². The van der Waals surface area contributed by atoms with Crippen LogP contribution in [0.15, 0.2) is 40.9 Å². The molecule has 1 heterocycles. The third-order valence-electron chi connectivity index (χ3n) is 3.99. The Morgan fingerprint density at radius 2 is 1.95 bits per heavy atom. The third-order valence-corrected chi connectivity index (χ3v) is 3.99. The zero-order chi connectivity index (χ0) is 15.2. The van der Waals surface area contributed by atoms with Gasteiger partial charge in [-0.25, -0.2) is 4.79 Å². The van der Waals surface area contributed by atoms with Crippen LogP contribution in [0.1, 0.15) is 37.9 Å². The van der Waals surface area contributed by atoms with Gasteiger partial charge in [0.25, 0.3) is 0 Å². The molecule has 1 aliphatic carbocycles. The first kappa shape index (κ1) is 14.6. The van der Waals surface area contributed by atoms with E-state index in [0.717, 1.165) is 24.1 Å². The number of hydrogen-bond acceptors (Lipinski definition) is 3. The Balaban J connectivity index is 1.49. The molecule has 1 aliphatic rings. The maximum Gasteiger partial charge on any atom is 0.315 e. The summed E-state index contributed by atoms with van der Waals surface area (Å²) < 4.78 is 5.27. The highest BCUT2D eigenvalue weighted by molar-refractivity contribution is 5.74. The van der Waals surface area contributed by atoms with Crippen molar-refractivity contribution in [3.63, 3.8) is 0 Å². The molecule has 0 unspecified atom stereocenters. The average Bonchev–Trinajstić information content (AvgIpc) is 3.04. The highest BCUT2D eigenvalue weighted by Gasteiger charge is 2.15. The SMILES string of the molecule is O=C(NCc1cc(-c2ccccc2)no1)NC1CCCCC1. The molecule has 3 rings (SSSR count). The first-order chi connectivity index (χ1) is 10.8. The predicted molar refractivity (Wildman–Crippen MR) is 84.2 cm³/mol. The fourth-order valence-corrected chi connectivity index (χ4v) is 2.79. The molecular weight excluding hydrogens is 278 g/mol. The van der Waals surface area contributed by atoms with E-state index in [1.54, 1.807) is 0 Å². The van der Waals surface area contributed by atoms with Gasteiger partial charge in [-0.3, -0.25) is 0 Å². The molecule has 0 radical (unpaired) electrons. The molecule has 2 N–H and O–H groups in total. The van der Waals surface area contributed by atoms with Gasteiger partial charge in [0.05, 0.1) is 6.54 Å². The van der Waals surface area contributed by atoms with Crippen LogP contribution in [0.3, 0.4) is 0 Å². The number of aromatic nitrogens is 1. The summed E-state index contributed by atoms with van der Waals surface area (Å²) in [5.74, 6) is 0.651. The van der Waals surface area contributed by atoms with Gasteiger partial charge in [0.15, 0.2) is 5.76 Å². The van der Waals surface area contributed by atoms with E-state index in [1.165, 1.54) is 19.3 Å². The summed E-state index contributed by atoms with van der Waals surface area (Å²) >= 11 is 0. The molecule has 1 saturated carbocycles. The lowest BCUT2D eigenvalue weighted by atomic mass is 9.96. The summed E-state index contributed by atoms with van der Waals surface area (Å²) in [7, 11) is 0. The van der Waals surface area contributed by atoms with Crippen LogP contribution in [-0.4, -0.2) is 17.2 Å². The van der Waals surface area contributed by atoms with Crippen LogP contribution in [-0.2, 0) is 6.54 Å². The lowest BCUT2D eigenvalue weighted by Crippen LogP contribution is -2.42. The zero-order valence-electron chi connectivity index (χ0n) is 12.5. The monoisotopic (exact) mass is 299 g/mol. The van der Waals surface area contributed by atoms with E-state index < -0.39 is 0 Å². The molecule has 22 heavy (non-hydrogen) atoms. The van der Waals surface area contributed by atoms with Crippen molar-refractivity contribution in [1.29, 1.82) is 0 Å². The highest BCUT2D eigenvalue weighted by Crippen LogP contribution is 2.19. The topological polar surface area (TPSA) is 67.2 Å².